The van der Waals surface area contributed by atoms with Gasteiger partial charge in [-0.1, -0.05) is 19.1 Å². The Balaban J connectivity index is 2.09. The van der Waals surface area contributed by atoms with Crippen LogP contribution in [-0.4, -0.2) is 49.9 Å². The summed E-state index contributed by atoms with van der Waals surface area (Å²) in [5, 5.41) is 5.60. The van der Waals surface area contributed by atoms with Gasteiger partial charge in [-0.15, -0.1) is 0 Å². The molecule has 1 aliphatic heterocycles. The van der Waals surface area contributed by atoms with Gasteiger partial charge in [-0.3, -0.25) is 9.59 Å². The third-order valence-corrected chi connectivity index (χ3v) is 6.33. The van der Waals surface area contributed by atoms with E-state index < -0.39 is 15.9 Å². The molecule has 0 aromatic heterocycles. The summed E-state index contributed by atoms with van der Waals surface area (Å²) in [6.45, 7) is 4.77. The molecule has 1 aromatic rings. The van der Waals surface area contributed by atoms with Crippen molar-refractivity contribution in [2.45, 2.75) is 33.1 Å². The molecule has 1 aromatic carbocycles. The number of piperidine rings is 1. The van der Waals surface area contributed by atoms with Gasteiger partial charge in [0.2, 0.25) is 15.9 Å². The summed E-state index contributed by atoms with van der Waals surface area (Å²) in [5.74, 6) is -0.878. The number of benzene rings is 1. The maximum atomic E-state index is 12.7. The van der Waals surface area contributed by atoms with Crippen molar-refractivity contribution in [2.24, 2.45) is 5.92 Å². The summed E-state index contributed by atoms with van der Waals surface area (Å²) in [5.41, 5.74) is 0.852. The van der Waals surface area contributed by atoms with Crippen LogP contribution in [0, 0.1) is 5.92 Å². The molecule has 1 heterocycles. The standard InChI is InChI=1S/C18H27N3O4S/c1-3-11-19-18(23)15-9-5-6-10-16(15)20-17(22)14-8-7-12-21(13-14)26(24,25)4-2/h5-6,9-10,14H,3-4,7-8,11-13H2,1-2H3,(H,19,23)(H,20,22). The topological polar surface area (TPSA) is 95.6 Å². The Morgan fingerprint density at radius 3 is 2.65 bits per heavy atom. The molecule has 26 heavy (non-hydrogen) atoms. The molecule has 1 saturated heterocycles. The van der Waals surface area contributed by atoms with Gasteiger partial charge in [0.15, 0.2) is 0 Å². The number of amides is 2. The highest BCUT2D eigenvalue weighted by Crippen LogP contribution is 2.22. The predicted molar refractivity (Wildman–Crippen MR) is 101 cm³/mol. The molecule has 7 nitrogen and oxygen atoms in total. The molecule has 2 rings (SSSR count). The van der Waals surface area contributed by atoms with Crippen LogP contribution in [-0.2, 0) is 14.8 Å². The molecular formula is C18H27N3O4S. The van der Waals surface area contributed by atoms with Crippen LogP contribution in [0.25, 0.3) is 0 Å². The van der Waals surface area contributed by atoms with Crippen molar-refractivity contribution in [1.82, 2.24) is 9.62 Å². The molecule has 2 amide bonds. The van der Waals surface area contributed by atoms with Gasteiger partial charge in [0.05, 0.1) is 22.9 Å². The second-order valence-electron chi connectivity index (χ2n) is 6.39. The van der Waals surface area contributed by atoms with E-state index in [0.29, 0.717) is 37.2 Å². The maximum absolute atomic E-state index is 12.7. The summed E-state index contributed by atoms with van der Waals surface area (Å²) < 4.78 is 25.5. The predicted octanol–water partition coefficient (Wildman–Crippen LogP) is 1.83. The van der Waals surface area contributed by atoms with Gasteiger partial charge in [0.25, 0.3) is 5.91 Å². The first kappa shape index (κ1) is 20.4. The van der Waals surface area contributed by atoms with Crippen molar-refractivity contribution < 1.29 is 18.0 Å². The molecule has 1 aliphatic rings. The SMILES string of the molecule is CCCNC(=O)c1ccccc1NC(=O)C1CCCN(S(=O)(=O)CC)C1. The van der Waals surface area contributed by atoms with E-state index in [9.17, 15) is 18.0 Å². The Labute approximate surface area is 155 Å². The molecular weight excluding hydrogens is 354 g/mol. The smallest absolute Gasteiger partial charge is 0.253 e. The number of nitrogens with one attached hydrogen (secondary N) is 2. The molecule has 0 aliphatic carbocycles. The highest BCUT2D eigenvalue weighted by Gasteiger charge is 2.31. The number of hydrogen-bond donors (Lipinski definition) is 2. The minimum atomic E-state index is -3.30. The summed E-state index contributed by atoms with van der Waals surface area (Å²) >= 11 is 0. The fourth-order valence-electron chi connectivity index (χ4n) is 2.95. The number of sulfonamides is 1. The lowest BCUT2D eigenvalue weighted by Crippen LogP contribution is -2.44. The number of rotatable bonds is 7. The van der Waals surface area contributed by atoms with Crippen LogP contribution in [0.3, 0.4) is 0 Å². The number of carbonyl (C=O) groups is 2. The molecule has 0 spiro atoms. The van der Waals surface area contributed by atoms with Crippen molar-refractivity contribution in [2.75, 3.05) is 30.7 Å². The quantitative estimate of drug-likeness (QED) is 0.753. The average molecular weight is 381 g/mol. The molecule has 0 bridgehead atoms. The minimum Gasteiger partial charge on any atom is -0.352 e. The lowest BCUT2D eigenvalue weighted by atomic mass is 9.98. The van der Waals surface area contributed by atoms with Gasteiger partial charge >= 0.3 is 0 Å². The van der Waals surface area contributed by atoms with E-state index in [1.807, 2.05) is 6.92 Å². The zero-order valence-electron chi connectivity index (χ0n) is 15.3. The second-order valence-corrected chi connectivity index (χ2v) is 8.65. The van der Waals surface area contributed by atoms with Crippen molar-refractivity contribution in [3.05, 3.63) is 29.8 Å². The first-order chi connectivity index (χ1) is 12.4. The van der Waals surface area contributed by atoms with Gasteiger partial charge < -0.3 is 10.6 Å². The van der Waals surface area contributed by atoms with E-state index in [-0.39, 0.29) is 24.1 Å². The summed E-state index contributed by atoms with van der Waals surface area (Å²) in [7, 11) is -3.30. The van der Waals surface area contributed by atoms with E-state index in [2.05, 4.69) is 10.6 Å². The Morgan fingerprint density at radius 2 is 1.96 bits per heavy atom. The highest BCUT2D eigenvalue weighted by molar-refractivity contribution is 7.89. The normalized spacial score (nSPS) is 18.3. The average Bonchev–Trinajstić information content (AvgIpc) is 2.66. The Kier molecular flexibility index (Phi) is 7.16. The van der Waals surface area contributed by atoms with Gasteiger partial charge in [-0.05, 0) is 38.3 Å². The number of anilines is 1. The van der Waals surface area contributed by atoms with Crippen LogP contribution in [0.4, 0.5) is 5.69 Å². The first-order valence-electron chi connectivity index (χ1n) is 9.05. The van der Waals surface area contributed by atoms with Crippen LogP contribution in [0.2, 0.25) is 0 Å². The van der Waals surface area contributed by atoms with E-state index in [4.69, 9.17) is 0 Å². The van der Waals surface area contributed by atoms with Crippen LogP contribution in [0.5, 0.6) is 0 Å². The van der Waals surface area contributed by atoms with E-state index in [1.165, 1.54) is 4.31 Å². The second kappa shape index (κ2) is 9.14. The Hall–Kier alpha value is -1.93. The lowest BCUT2D eigenvalue weighted by molar-refractivity contribution is -0.120. The van der Waals surface area contributed by atoms with E-state index >= 15 is 0 Å². The molecule has 1 unspecified atom stereocenters. The number of para-hydroxylation sites is 1. The lowest BCUT2D eigenvalue weighted by Gasteiger charge is -2.31. The minimum absolute atomic E-state index is 0.0295. The zero-order chi connectivity index (χ0) is 19.2. The highest BCUT2D eigenvalue weighted by atomic mass is 32.2. The van der Waals surface area contributed by atoms with Crippen LogP contribution < -0.4 is 10.6 Å². The van der Waals surface area contributed by atoms with Crippen molar-refractivity contribution in [3.63, 3.8) is 0 Å². The molecule has 0 saturated carbocycles. The fraction of sp³-hybridized carbons (Fsp3) is 0.556. The number of nitrogens with zero attached hydrogens (tertiary/aromatic N) is 1. The Bertz CT molecular complexity index is 749. The van der Waals surface area contributed by atoms with Gasteiger partial charge in [0, 0.05) is 19.6 Å². The molecule has 0 radical (unpaired) electrons. The van der Waals surface area contributed by atoms with Crippen LogP contribution >= 0.6 is 0 Å². The van der Waals surface area contributed by atoms with Gasteiger partial charge in [-0.25, -0.2) is 12.7 Å². The van der Waals surface area contributed by atoms with Crippen molar-refractivity contribution in [1.29, 1.82) is 0 Å². The summed E-state index contributed by atoms with van der Waals surface area (Å²) in [6.07, 6.45) is 2.10. The van der Waals surface area contributed by atoms with Gasteiger partial charge in [0.1, 0.15) is 0 Å². The maximum Gasteiger partial charge on any atom is 0.253 e. The third kappa shape index (κ3) is 5.04. The fourth-order valence-corrected chi connectivity index (χ4v) is 4.13. The summed E-state index contributed by atoms with van der Waals surface area (Å²) in [6, 6.07) is 6.84. The number of carbonyl (C=O) groups excluding carboxylic acids is 2. The van der Waals surface area contributed by atoms with Crippen LogP contribution in [0.1, 0.15) is 43.5 Å². The monoisotopic (exact) mass is 381 g/mol. The zero-order valence-corrected chi connectivity index (χ0v) is 16.1. The van der Waals surface area contributed by atoms with E-state index in [0.717, 1.165) is 6.42 Å². The van der Waals surface area contributed by atoms with Crippen molar-refractivity contribution in [3.8, 4) is 0 Å². The molecule has 1 atom stereocenters. The Morgan fingerprint density at radius 1 is 1.23 bits per heavy atom. The van der Waals surface area contributed by atoms with Crippen LogP contribution in [0.15, 0.2) is 24.3 Å². The van der Waals surface area contributed by atoms with E-state index in [1.54, 1.807) is 31.2 Å². The largest absolute Gasteiger partial charge is 0.352 e. The third-order valence-electron chi connectivity index (χ3n) is 4.48. The molecule has 8 heteroatoms. The number of hydrogen-bond acceptors (Lipinski definition) is 4. The summed E-state index contributed by atoms with van der Waals surface area (Å²) in [4.78, 5) is 24.9. The van der Waals surface area contributed by atoms with Gasteiger partial charge in [-0.2, -0.15) is 0 Å². The molecule has 2 N–H and O–H groups in total. The molecule has 1 fully saturated rings. The first-order valence-corrected chi connectivity index (χ1v) is 10.7. The van der Waals surface area contributed by atoms with Crippen molar-refractivity contribution >= 4 is 27.5 Å². The molecule has 144 valence electrons.